The van der Waals surface area contributed by atoms with Gasteiger partial charge in [0.15, 0.2) is 12.2 Å². The standard InChI is InChI=1S/C89H174O17P2/c1-5-9-13-17-21-25-28-31-34-37-39-41-43-46-48-51-54-58-62-66-70-74-87(92)100-80-85(106-89(94)76-72-68-64-60-56-53-50-47-44-42-40-38-35-32-29-26-22-18-14-10-6-2)82-104-108(97,98)102-78-83(90)77-101-107(95,96)103-81-84(79-99-86(91)73-69-65-61-57-24-20-16-12-8-4)105-88(93)75-71-67-63-59-55-52-49-45-36-33-30-27-23-19-15-11-7-3/h83-85,90H,5-82H2,1-4H3,(H,95,96)(H,97,98)/t83-,84+,85+/m0/s1. The maximum Gasteiger partial charge on any atom is 0.472 e. The lowest BCUT2D eigenvalue weighted by atomic mass is 10.0. The van der Waals surface area contributed by atoms with Crippen LogP contribution in [0, 0.1) is 0 Å². The molecule has 0 aliphatic carbocycles. The van der Waals surface area contributed by atoms with Crippen molar-refractivity contribution in [2.24, 2.45) is 0 Å². The van der Waals surface area contributed by atoms with Crippen molar-refractivity contribution < 1.29 is 80.2 Å². The van der Waals surface area contributed by atoms with Gasteiger partial charge in [0.2, 0.25) is 0 Å². The van der Waals surface area contributed by atoms with Gasteiger partial charge in [0, 0.05) is 25.7 Å². The van der Waals surface area contributed by atoms with Gasteiger partial charge in [-0.05, 0) is 25.7 Å². The highest BCUT2D eigenvalue weighted by molar-refractivity contribution is 7.47. The van der Waals surface area contributed by atoms with E-state index in [1.165, 1.54) is 321 Å². The number of aliphatic hydroxyl groups is 1. The fourth-order valence-electron chi connectivity index (χ4n) is 14.1. The van der Waals surface area contributed by atoms with Gasteiger partial charge >= 0.3 is 39.5 Å². The lowest BCUT2D eigenvalue weighted by Gasteiger charge is -2.21. The molecule has 0 aliphatic rings. The molecule has 17 nitrogen and oxygen atoms in total. The molecule has 2 unspecified atom stereocenters. The molecule has 19 heteroatoms. The third-order valence-corrected chi connectivity index (χ3v) is 23.0. The Morgan fingerprint density at radius 2 is 0.370 bits per heavy atom. The van der Waals surface area contributed by atoms with Gasteiger partial charge in [-0.1, -0.05) is 439 Å². The molecule has 0 saturated heterocycles. The van der Waals surface area contributed by atoms with Gasteiger partial charge in [0.25, 0.3) is 0 Å². The summed E-state index contributed by atoms with van der Waals surface area (Å²) in [5.41, 5.74) is 0. The number of aliphatic hydroxyl groups excluding tert-OH is 1. The van der Waals surface area contributed by atoms with Crippen LogP contribution in [0.3, 0.4) is 0 Å². The summed E-state index contributed by atoms with van der Waals surface area (Å²) in [6.45, 7) is 5.06. The van der Waals surface area contributed by atoms with Crippen molar-refractivity contribution in [2.75, 3.05) is 39.6 Å². The molecular formula is C89H174O17P2. The zero-order chi connectivity index (χ0) is 78.9. The van der Waals surface area contributed by atoms with E-state index in [4.69, 9.17) is 37.0 Å². The zero-order valence-electron chi connectivity index (χ0n) is 70.8. The molecule has 0 aromatic rings. The molecule has 0 saturated carbocycles. The molecule has 0 aliphatic heterocycles. The molecule has 108 heavy (non-hydrogen) atoms. The summed E-state index contributed by atoms with van der Waals surface area (Å²) >= 11 is 0. The van der Waals surface area contributed by atoms with E-state index in [-0.39, 0.29) is 25.7 Å². The number of rotatable bonds is 90. The van der Waals surface area contributed by atoms with Crippen molar-refractivity contribution in [3.8, 4) is 0 Å². The molecule has 3 N–H and O–H groups in total. The van der Waals surface area contributed by atoms with Crippen LogP contribution in [-0.2, 0) is 65.4 Å². The first-order valence-electron chi connectivity index (χ1n) is 46.3. The Labute approximate surface area is 664 Å². The van der Waals surface area contributed by atoms with Gasteiger partial charge in [0.1, 0.15) is 19.3 Å². The van der Waals surface area contributed by atoms with Crippen LogP contribution in [0.25, 0.3) is 0 Å². The molecule has 5 atom stereocenters. The normalized spacial score (nSPS) is 13.7. The maximum atomic E-state index is 13.2. The summed E-state index contributed by atoms with van der Waals surface area (Å²) in [7, 11) is -9.93. The summed E-state index contributed by atoms with van der Waals surface area (Å²) in [4.78, 5) is 73.3. The smallest absolute Gasteiger partial charge is 0.462 e. The second-order valence-corrected chi connectivity index (χ2v) is 34.9. The minimum atomic E-state index is -4.97. The molecule has 0 heterocycles. The van der Waals surface area contributed by atoms with E-state index in [0.717, 1.165) is 89.9 Å². The van der Waals surface area contributed by atoms with Gasteiger partial charge in [-0.25, -0.2) is 9.13 Å². The summed E-state index contributed by atoms with van der Waals surface area (Å²) in [5.74, 6) is -2.10. The maximum absolute atomic E-state index is 13.2. The molecule has 0 aromatic heterocycles. The van der Waals surface area contributed by atoms with Crippen molar-refractivity contribution in [1.82, 2.24) is 0 Å². The van der Waals surface area contributed by atoms with Gasteiger partial charge in [0.05, 0.1) is 26.4 Å². The minimum absolute atomic E-state index is 0.109. The average Bonchev–Trinajstić information content (AvgIpc) is 0.904. The van der Waals surface area contributed by atoms with Crippen LogP contribution in [0.2, 0.25) is 0 Å². The third-order valence-electron chi connectivity index (χ3n) is 21.1. The van der Waals surface area contributed by atoms with Crippen LogP contribution in [-0.4, -0.2) is 96.7 Å². The van der Waals surface area contributed by atoms with E-state index in [0.29, 0.717) is 25.7 Å². The fraction of sp³-hybridized carbons (Fsp3) is 0.955. The van der Waals surface area contributed by atoms with Crippen LogP contribution in [0.1, 0.15) is 490 Å². The van der Waals surface area contributed by atoms with Crippen molar-refractivity contribution >= 4 is 39.5 Å². The van der Waals surface area contributed by atoms with Crippen LogP contribution in [0.5, 0.6) is 0 Å². The van der Waals surface area contributed by atoms with Crippen LogP contribution in [0.15, 0.2) is 0 Å². The first-order chi connectivity index (χ1) is 52.7. The van der Waals surface area contributed by atoms with E-state index in [2.05, 4.69) is 27.7 Å². The number of phosphoric acid groups is 2. The Hall–Kier alpha value is -1.94. The Balaban J connectivity index is 5.19. The lowest BCUT2D eigenvalue weighted by molar-refractivity contribution is -0.161. The number of hydrogen-bond donors (Lipinski definition) is 3. The van der Waals surface area contributed by atoms with E-state index >= 15 is 0 Å². The first kappa shape index (κ1) is 106. The SMILES string of the molecule is CCCCCCCCCCCCCCCCCCCCCCCC(=O)OC[C@H](COP(=O)(O)OC[C@@H](O)COP(=O)(O)OC[C@@H](COC(=O)CCCCCCCCCCC)OC(=O)CCCCCCCCCCCCCCCCCCC)OC(=O)CCCCCCCCCCCCCCCCCCCCCCC. The minimum Gasteiger partial charge on any atom is -0.462 e. The highest BCUT2D eigenvalue weighted by Crippen LogP contribution is 2.45. The third kappa shape index (κ3) is 82.1. The molecule has 0 aromatic carbocycles. The van der Waals surface area contributed by atoms with Crippen LogP contribution in [0.4, 0.5) is 0 Å². The molecule has 642 valence electrons. The molecular weight excluding hydrogens is 1400 g/mol. The molecule has 0 spiro atoms. The predicted octanol–water partition coefficient (Wildman–Crippen LogP) is 27.7. The number of phosphoric ester groups is 2. The number of hydrogen-bond acceptors (Lipinski definition) is 15. The van der Waals surface area contributed by atoms with Crippen LogP contribution < -0.4 is 0 Å². The Morgan fingerprint density at radius 1 is 0.222 bits per heavy atom. The summed E-state index contributed by atoms with van der Waals surface area (Å²) in [5, 5.41) is 10.7. The Kier molecular flexibility index (Phi) is 81.5. The van der Waals surface area contributed by atoms with Crippen molar-refractivity contribution in [3.05, 3.63) is 0 Å². The highest BCUT2D eigenvalue weighted by Gasteiger charge is 2.30. The Morgan fingerprint density at radius 3 is 0.546 bits per heavy atom. The largest absolute Gasteiger partial charge is 0.472 e. The molecule has 0 amide bonds. The topological polar surface area (TPSA) is 237 Å². The quantitative estimate of drug-likeness (QED) is 0.0222. The number of carbonyl (C=O) groups is 4. The lowest BCUT2D eigenvalue weighted by Crippen LogP contribution is -2.30. The fourth-order valence-corrected chi connectivity index (χ4v) is 15.6. The van der Waals surface area contributed by atoms with E-state index in [9.17, 15) is 43.2 Å². The number of ether oxygens (including phenoxy) is 4. The average molecular weight is 1580 g/mol. The van der Waals surface area contributed by atoms with Gasteiger partial charge in [-0.15, -0.1) is 0 Å². The van der Waals surface area contributed by atoms with E-state index in [1.54, 1.807) is 0 Å². The summed E-state index contributed by atoms with van der Waals surface area (Å²) in [6.07, 6.45) is 79.4. The van der Waals surface area contributed by atoms with Crippen molar-refractivity contribution in [3.63, 3.8) is 0 Å². The second-order valence-electron chi connectivity index (χ2n) is 32.0. The monoisotopic (exact) mass is 1580 g/mol. The van der Waals surface area contributed by atoms with Crippen molar-refractivity contribution in [2.45, 2.75) is 508 Å². The Bertz CT molecular complexity index is 2030. The predicted molar refractivity (Wildman–Crippen MR) is 446 cm³/mol. The van der Waals surface area contributed by atoms with Crippen molar-refractivity contribution in [1.29, 1.82) is 0 Å². The highest BCUT2D eigenvalue weighted by atomic mass is 31.2. The molecule has 0 rings (SSSR count). The number of esters is 4. The van der Waals surface area contributed by atoms with E-state index < -0.39 is 97.5 Å². The van der Waals surface area contributed by atoms with Gasteiger partial charge in [-0.3, -0.25) is 37.3 Å². The summed E-state index contributed by atoms with van der Waals surface area (Å²) in [6, 6.07) is 0. The number of unbranched alkanes of at least 4 members (excludes halogenated alkanes) is 64. The number of carbonyl (C=O) groups excluding carboxylic acids is 4. The zero-order valence-corrected chi connectivity index (χ0v) is 72.6. The van der Waals surface area contributed by atoms with Crippen LogP contribution >= 0.6 is 15.6 Å². The van der Waals surface area contributed by atoms with Gasteiger partial charge in [-0.2, -0.15) is 0 Å². The molecule has 0 bridgehead atoms. The molecule has 0 fully saturated rings. The first-order valence-corrected chi connectivity index (χ1v) is 49.3. The summed E-state index contributed by atoms with van der Waals surface area (Å²) < 4.78 is 68.9. The second kappa shape index (κ2) is 83.0. The van der Waals surface area contributed by atoms with Gasteiger partial charge < -0.3 is 33.8 Å². The van der Waals surface area contributed by atoms with E-state index in [1.807, 2.05) is 0 Å². The molecule has 0 radical (unpaired) electrons.